The van der Waals surface area contributed by atoms with Gasteiger partial charge in [-0.25, -0.2) is 9.59 Å². The number of aliphatic hydroxyl groups excluding tert-OH is 1. The zero-order valence-electron chi connectivity index (χ0n) is 23.6. The molecule has 0 radical (unpaired) electrons. The monoisotopic (exact) mass is 579 g/mol. The van der Waals surface area contributed by atoms with E-state index in [-0.39, 0.29) is 60.4 Å². The van der Waals surface area contributed by atoms with Crippen molar-refractivity contribution in [2.24, 2.45) is 5.92 Å². The van der Waals surface area contributed by atoms with E-state index in [0.29, 0.717) is 0 Å². The van der Waals surface area contributed by atoms with Crippen LogP contribution in [0.4, 0.5) is 34.1 Å². The number of carbonyl (C=O) groups excluding carboxylic acids is 3. The predicted octanol–water partition coefficient (Wildman–Crippen LogP) is 4.62. The Morgan fingerprint density at radius 1 is 1.12 bits per heavy atom. The van der Waals surface area contributed by atoms with Crippen molar-refractivity contribution >= 4 is 29.3 Å². The minimum Gasteiger partial charge on any atom is -0.485 e. The van der Waals surface area contributed by atoms with E-state index in [0.717, 1.165) is 24.3 Å². The van der Waals surface area contributed by atoms with Gasteiger partial charge in [-0.15, -0.1) is 0 Å². The standard InChI is InChI=1S/C28H36F3N5O5/c1-16(2)32-27(40)35(5)14-23-17(3)13-36(18(4)15-37)25(38)21-7-6-8-22(24(21)41-23)34-26(39)33-20-11-9-19(10-12-20)28(29,30)31/h6-12,16-18,23,37H,13-15H2,1-5H3,(H,32,40)(H2,33,34,39)/t17-,18+,23-/m1/s1. The Morgan fingerprint density at radius 3 is 2.37 bits per heavy atom. The summed E-state index contributed by atoms with van der Waals surface area (Å²) in [6.45, 7) is 7.38. The highest BCUT2D eigenvalue weighted by molar-refractivity contribution is 6.04. The van der Waals surface area contributed by atoms with Crippen molar-refractivity contribution in [2.45, 2.75) is 52.1 Å². The van der Waals surface area contributed by atoms with Crippen LogP contribution >= 0.6 is 0 Å². The molecule has 0 spiro atoms. The van der Waals surface area contributed by atoms with Crippen LogP contribution in [0, 0.1) is 5.92 Å². The number of aliphatic hydroxyl groups is 1. The average molecular weight is 580 g/mol. The highest BCUT2D eigenvalue weighted by Gasteiger charge is 2.35. The Morgan fingerprint density at radius 2 is 1.78 bits per heavy atom. The van der Waals surface area contributed by atoms with Gasteiger partial charge in [-0.3, -0.25) is 4.79 Å². The quantitative estimate of drug-likeness (QED) is 0.381. The molecule has 4 N–H and O–H groups in total. The van der Waals surface area contributed by atoms with Crippen LogP contribution in [-0.4, -0.2) is 77.8 Å². The molecule has 3 rings (SSSR count). The first kappa shape index (κ1) is 31.5. The first-order valence-electron chi connectivity index (χ1n) is 13.2. The second-order valence-electron chi connectivity index (χ2n) is 10.4. The van der Waals surface area contributed by atoms with Gasteiger partial charge in [0.25, 0.3) is 5.91 Å². The summed E-state index contributed by atoms with van der Waals surface area (Å²) in [5.74, 6) is -0.626. The fourth-order valence-corrected chi connectivity index (χ4v) is 4.30. The van der Waals surface area contributed by atoms with Crippen molar-refractivity contribution in [3.05, 3.63) is 53.6 Å². The maximum Gasteiger partial charge on any atom is 0.416 e. The molecule has 1 heterocycles. The van der Waals surface area contributed by atoms with Crippen LogP contribution in [0.1, 0.15) is 43.6 Å². The minimum absolute atomic E-state index is 0.0735. The van der Waals surface area contributed by atoms with Gasteiger partial charge < -0.3 is 35.6 Å². The Labute approximate surface area is 236 Å². The van der Waals surface area contributed by atoms with Gasteiger partial charge in [0, 0.05) is 31.2 Å². The topological polar surface area (TPSA) is 123 Å². The number of likely N-dealkylation sites (N-methyl/N-ethyl adjacent to an activating group) is 1. The molecule has 1 aliphatic heterocycles. The van der Waals surface area contributed by atoms with Crippen molar-refractivity contribution in [1.82, 2.24) is 15.1 Å². The molecule has 224 valence electrons. The lowest BCUT2D eigenvalue weighted by Gasteiger charge is -2.38. The Bertz CT molecular complexity index is 1240. The number of urea groups is 2. The highest BCUT2D eigenvalue weighted by Crippen LogP contribution is 2.35. The Kier molecular flexibility index (Phi) is 10.1. The average Bonchev–Trinajstić information content (AvgIpc) is 2.89. The molecule has 0 unspecified atom stereocenters. The second kappa shape index (κ2) is 13.1. The van der Waals surface area contributed by atoms with E-state index in [9.17, 15) is 32.7 Å². The molecule has 1 aliphatic rings. The number of para-hydroxylation sites is 1. The Hall–Kier alpha value is -4.00. The summed E-state index contributed by atoms with van der Waals surface area (Å²) < 4.78 is 45.0. The fourth-order valence-electron chi connectivity index (χ4n) is 4.30. The van der Waals surface area contributed by atoms with E-state index in [4.69, 9.17) is 4.74 Å². The largest absolute Gasteiger partial charge is 0.485 e. The van der Waals surface area contributed by atoms with Gasteiger partial charge in [0.1, 0.15) is 6.10 Å². The van der Waals surface area contributed by atoms with Gasteiger partial charge >= 0.3 is 18.2 Å². The molecule has 13 heteroatoms. The van der Waals surface area contributed by atoms with Crippen molar-refractivity contribution in [3.63, 3.8) is 0 Å². The van der Waals surface area contributed by atoms with Crippen LogP contribution < -0.4 is 20.7 Å². The van der Waals surface area contributed by atoms with Gasteiger partial charge in [0.2, 0.25) is 0 Å². The number of fused-ring (bicyclic) bond motifs is 1. The van der Waals surface area contributed by atoms with E-state index in [1.165, 1.54) is 21.9 Å². The molecule has 5 amide bonds. The van der Waals surface area contributed by atoms with Crippen LogP contribution in [0.2, 0.25) is 0 Å². The molecule has 0 aliphatic carbocycles. The number of amides is 5. The van der Waals surface area contributed by atoms with Crippen LogP contribution in [0.25, 0.3) is 0 Å². The maximum atomic E-state index is 13.6. The molecular weight excluding hydrogens is 543 g/mol. The minimum atomic E-state index is -4.51. The number of hydrogen-bond acceptors (Lipinski definition) is 5. The molecule has 2 aromatic rings. The summed E-state index contributed by atoms with van der Waals surface area (Å²) in [5, 5.41) is 17.7. The van der Waals surface area contributed by atoms with Gasteiger partial charge in [-0.05, 0) is 57.2 Å². The lowest BCUT2D eigenvalue weighted by molar-refractivity contribution is -0.137. The van der Waals surface area contributed by atoms with E-state index < -0.39 is 35.8 Å². The second-order valence-corrected chi connectivity index (χ2v) is 10.4. The lowest BCUT2D eigenvalue weighted by Crippen LogP contribution is -2.51. The summed E-state index contributed by atoms with van der Waals surface area (Å²) in [6, 6.07) is 6.90. The molecule has 0 aromatic heterocycles. The third-order valence-electron chi connectivity index (χ3n) is 6.62. The maximum absolute atomic E-state index is 13.6. The van der Waals surface area contributed by atoms with Gasteiger partial charge in [-0.2, -0.15) is 13.2 Å². The van der Waals surface area contributed by atoms with Gasteiger partial charge in [0.05, 0.1) is 36.0 Å². The number of hydrogen-bond donors (Lipinski definition) is 4. The molecule has 0 bridgehead atoms. The number of nitrogens with one attached hydrogen (secondary N) is 3. The molecule has 0 fully saturated rings. The number of halogens is 3. The number of benzene rings is 2. The smallest absolute Gasteiger partial charge is 0.416 e. The van der Waals surface area contributed by atoms with Crippen molar-refractivity contribution < 1.29 is 37.4 Å². The van der Waals surface area contributed by atoms with Crippen LogP contribution in [0.15, 0.2) is 42.5 Å². The SMILES string of the molecule is CC(C)NC(=O)N(C)C[C@H]1Oc2c(NC(=O)Nc3ccc(C(F)(F)F)cc3)cccc2C(=O)N([C@@H](C)CO)C[C@H]1C. The Balaban J connectivity index is 1.92. The summed E-state index contributed by atoms with van der Waals surface area (Å²) >= 11 is 0. The summed E-state index contributed by atoms with van der Waals surface area (Å²) in [4.78, 5) is 42.0. The van der Waals surface area contributed by atoms with Crippen LogP contribution in [-0.2, 0) is 6.18 Å². The third-order valence-corrected chi connectivity index (χ3v) is 6.62. The summed E-state index contributed by atoms with van der Waals surface area (Å²) in [5.41, 5.74) is -0.443. The van der Waals surface area contributed by atoms with E-state index in [1.54, 1.807) is 20.0 Å². The van der Waals surface area contributed by atoms with Crippen LogP contribution in [0.3, 0.4) is 0 Å². The van der Waals surface area contributed by atoms with E-state index in [1.807, 2.05) is 20.8 Å². The number of carbonyl (C=O) groups is 3. The third kappa shape index (κ3) is 8.03. The molecule has 3 atom stereocenters. The zero-order valence-corrected chi connectivity index (χ0v) is 23.6. The molecule has 0 saturated heterocycles. The van der Waals surface area contributed by atoms with Gasteiger partial charge in [-0.1, -0.05) is 13.0 Å². The van der Waals surface area contributed by atoms with Crippen molar-refractivity contribution in [3.8, 4) is 5.75 Å². The predicted molar refractivity (Wildman–Crippen MR) is 148 cm³/mol. The van der Waals surface area contributed by atoms with E-state index in [2.05, 4.69) is 16.0 Å². The summed E-state index contributed by atoms with van der Waals surface area (Å²) in [6.07, 6.45) is -5.12. The summed E-state index contributed by atoms with van der Waals surface area (Å²) in [7, 11) is 1.62. The number of nitrogens with zero attached hydrogens (tertiary/aromatic N) is 2. The first-order chi connectivity index (χ1) is 19.2. The highest BCUT2D eigenvalue weighted by atomic mass is 19.4. The molecule has 0 saturated carbocycles. The molecule has 41 heavy (non-hydrogen) atoms. The number of alkyl halides is 3. The molecular formula is C28H36F3N5O5. The van der Waals surface area contributed by atoms with E-state index >= 15 is 0 Å². The van der Waals surface area contributed by atoms with Crippen molar-refractivity contribution in [2.75, 3.05) is 37.4 Å². The number of rotatable bonds is 7. The normalized spacial score (nSPS) is 18.0. The number of ether oxygens (including phenoxy) is 1. The number of anilines is 2. The zero-order chi connectivity index (χ0) is 30.5. The molecule has 2 aromatic carbocycles. The van der Waals surface area contributed by atoms with Crippen molar-refractivity contribution in [1.29, 1.82) is 0 Å². The fraction of sp³-hybridized carbons (Fsp3) is 0.464. The van der Waals surface area contributed by atoms with Crippen LogP contribution in [0.5, 0.6) is 5.75 Å². The lowest BCUT2D eigenvalue weighted by atomic mass is 9.99. The molecule has 10 nitrogen and oxygen atoms in total. The van der Waals surface area contributed by atoms with Gasteiger partial charge in [0.15, 0.2) is 5.75 Å². The first-order valence-corrected chi connectivity index (χ1v) is 13.2.